The van der Waals surface area contributed by atoms with Gasteiger partial charge in [-0.05, 0) is 18.6 Å². The molecule has 0 unspecified atom stereocenters. The first-order chi connectivity index (χ1) is 7.79. The van der Waals surface area contributed by atoms with E-state index in [1.165, 1.54) is 0 Å². The monoisotopic (exact) mass is 328 g/mol. The van der Waals surface area contributed by atoms with Crippen molar-refractivity contribution in [1.29, 1.82) is 0 Å². The summed E-state index contributed by atoms with van der Waals surface area (Å²) in [6, 6.07) is 2.16. The summed E-state index contributed by atoms with van der Waals surface area (Å²) in [6.45, 7) is -0.0530. The second-order valence-electron chi connectivity index (χ2n) is 3.53. The van der Waals surface area contributed by atoms with Crippen molar-refractivity contribution in [2.75, 3.05) is 18.6 Å². The molecule has 0 amide bonds. The normalized spacial score (nSPS) is 11.5. The minimum Gasteiger partial charge on any atom is -0.488 e. The van der Waals surface area contributed by atoms with Gasteiger partial charge in [-0.1, -0.05) is 15.9 Å². The Balaban J connectivity index is 2.58. The molecule has 0 fully saturated rings. The maximum Gasteiger partial charge on any atom is 0.190 e. The van der Waals surface area contributed by atoms with E-state index in [1.54, 1.807) is 0 Å². The number of hydrogen-bond donors (Lipinski definition) is 0. The van der Waals surface area contributed by atoms with Gasteiger partial charge in [0.2, 0.25) is 0 Å². The zero-order chi connectivity index (χ0) is 13.1. The van der Waals surface area contributed by atoms with Gasteiger partial charge in [0.25, 0.3) is 0 Å². The quantitative estimate of drug-likeness (QED) is 0.780. The Morgan fingerprint density at radius 3 is 2.29 bits per heavy atom. The molecule has 0 aliphatic heterocycles. The van der Waals surface area contributed by atoms with Crippen molar-refractivity contribution in [3.8, 4) is 5.75 Å². The third-order valence-electron chi connectivity index (χ3n) is 1.87. The van der Waals surface area contributed by atoms with Crippen LogP contribution in [-0.4, -0.2) is 27.0 Å². The summed E-state index contributed by atoms with van der Waals surface area (Å²) in [7, 11) is -3.08. The van der Waals surface area contributed by atoms with Gasteiger partial charge >= 0.3 is 0 Å². The SMILES string of the molecule is CS(=O)(=O)CCCOc1c(F)cc(Br)cc1F. The standard InChI is InChI=1S/C10H11BrF2O3S/c1-17(14,15)4-2-3-16-10-8(12)5-7(11)6-9(10)13/h5-6H,2-4H2,1H3. The Morgan fingerprint density at radius 1 is 1.29 bits per heavy atom. The highest BCUT2D eigenvalue weighted by Gasteiger charge is 2.12. The first-order valence-electron chi connectivity index (χ1n) is 4.74. The van der Waals surface area contributed by atoms with Crippen molar-refractivity contribution < 1.29 is 21.9 Å². The van der Waals surface area contributed by atoms with Crippen molar-refractivity contribution in [2.24, 2.45) is 0 Å². The number of rotatable bonds is 5. The van der Waals surface area contributed by atoms with E-state index in [2.05, 4.69) is 15.9 Å². The Labute approximate surface area is 107 Å². The summed E-state index contributed by atoms with van der Waals surface area (Å²) in [5, 5.41) is 0. The van der Waals surface area contributed by atoms with Gasteiger partial charge in [-0.25, -0.2) is 17.2 Å². The summed E-state index contributed by atoms with van der Waals surface area (Å²) in [4.78, 5) is 0. The summed E-state index contributed by atoms with van der Waals surface area (Å²) in [5.41, 5.74) is 0. The number of sulfone groups is 1. The Kier molecular flexibility index (Phi) is 4.88. The molecule has 0 spiro atoms. The van der Waals surface area contributed by atoms with Crippen LogP contribution < -0.4 is 4.74 Å². The van der Waals surface area contributed by atoms with Crippen molar-refractivity contribution in [3.63, 3.8) is 0 Å². The molecule has 1 aromatic rings. The van der Waals surface area contributed by atoms with Crippen LogP contribution in [0.15, 0.2) is 16.6 Å². The summed E-state index contributed by atoms with van der Waals surface area (Å²) < 4.78 is 53.3. The fourth-order valence-corrected chi connectivity index (χ4v) is 2.21. The summed E-state index contributed by atoms with van der Waals surface area (Å²) in [6.07, 6.45) is 1.28. The van der Waals surface area contributed by atoms with E-state index >= 15 is 0 Å². The van der Waals surface area contributed by atoms with E-state index in [1.807, 2.05) is 0 Å². The topological polar surface area (TPSA) is 43.4 Å². The average molecular weight is 329 g/mol. The van der Waals surface area contributed by atoms with Crippen LogP contribution in [0.5, 0.6) is 5.75 Å². The molecule has 0 bridgehead atoms. The molecule has 3 nitrogen and oxygen atoms in total. The second kappa shape index (κ2) is 5.77. The van der Waals surface area contributed by atoms with E-state index in [0.29, 0.717) is 0 Å². The van der Waals surface area contributed by atoms with Crippen LogP contribution in [0, 0.1) is 11.6 Å². The van der Waals surface area contributed by atoms with Crippen LogP contribution in [0.2, 0.25) is 0 Å². The minimum absolute atomic E-state index is 0.0530. The lowest BCUT2D eigenvalue weighted by molar-refractivity contribution is 0.285. The largest absolute Gasteiger partial charge is 0.488 e. The van der Waals surface area contributed by atoms with Crippen LogP contribution in [0.1, 0.15) is 6.42 Å². The number of benzene rings is 1. The maximum atomic E-state index is 13.3. The molecule has 0 N–H and O–H groups in total. The molecule has 17 heavy (non-hydrogen) atoms. The highest BCUT2D eigenvalue weighted by atomic mass is 79.9. The zero-order valence-corrected chi connectivity index (χ0v) is 11.4. The molecule has 0 atom stereocenters. The van der Waals surface area contributed by atoms with Gasteiger partial charge in [0.05, 0.1) is 12.4 Å². The lowest BCUT2D eigenvalue weighted by atomic mass is 10.3. The lowest BCUT2D eigenvalue weighted by Crippen LogP contribution is -2.09. The van der Waals surface area contributed by atoms with Gasteiger partial charge in [-0.2, -0.15) is 0 Å². The molecule has 0 saturated heterocycles. The fraction of sp³-hybridized carbons (Fsp3) is 0.400. The molecular formula is C10H11BrF2O3S. The Morgan fingerprint density at radius 2 is 1.82 bits per heavy atom. The van der Waals surface area contributed by atoms with Crippen LogP contribution in [0.3, 0.4) is 0 Å². The third kappa shape index (κ3) is 4.99. The molecule has 1 rings (SSSR count). The molecular weight excluding hydrogens is 318 g/mol. The van der Waals surface area contributed by atoms with Gasteiger partial charge in [0, 0.05) is 10.7 Å². The third-order valence-corrected chi connectivity index (χ3v) is 3.36. The highest BCUT2D eigenvalue weighted by molar-refractivity contribution is 9.10. The molecule has 7 heteroatoms. The molecule has 1 aromatic carbocycles. The number of ether oxygens (including phenoxy) is 1. The maximum absolute atomic E-state index is 13.3. The zero-order valence-electron chi connectivity index (χ0n) is 9.04. The van der Waals surface area contributed by atoms with E-state index in [4.69, 9.17) is 4.74 Å². The van der Waals surface area contributed by atoms with E-state index in [0.717, 1.165) is 18.4 Å². The number of hydrogen-bond acceptors (Lipinski definition) is 3. The molecule has 0 aliphatic rings. The van der Waals surface area contributed by atoms with Crippen LogP contribution in [0.25, 0.3) is 0 Å². The van der Waals surface area contributed by atoms with Gasteiger partial charge in [-0.3, -0.25) is 0 Å². The van der Waals surface area contributed by atoms with Crippen LogP contribution in [0.4, 0.5) is 8.78 Å². The van der Waals surface area contributed by atoms with Gasteiger partial charge in [0.1, 0.15) is 9.84 Å². The smallest absolute Gasteiger partial charge is 0.190 e. The first-order valence-corrected chi connectivity index (χ1v) is 7.60. The predicted octanol–water partition coefficient (Wildman–Crippen LogP) is 2.54. The first kappa shape index (κ1) is 14.4. The molecule has 0 aromatic heterocycles. The van der Waals surface area contributed by atoms with Crippen molar-refractivity contribution >= 4 is 25.8 Å². The van der Waals surface area contributed by atoms with E-state index in [9.17, 15) is 17.2 Å². The average Bonchev–Trinajstić information content (AvgIpc) is 2.13. The predicted molar refractivity (Wildman–Crippen MR) is 63.9 cm³/mol. The second-order valence-corrected chi connectivity index (χ2v) is 6.71. The molecule has 0 heterocycles. The molecule has 0 radical (unpaired) electrons. The van der Waals surface area contributed by atoms with Crippen molar-refractivity contribution in [2.45, 2.75) is 6.42 Å². The van der Waals surface area contributed by atoms with Crippen LogP contribution >= 0.6 is 15.9 Å². The molecule has 0 aliphatic carbocycles. The highest BCUT2D eigenvalue weighted by Crippen LogP contribution is 2.25. The molecule has 96 valence electrons. The summed E-state index contributed by atoms with van der Waals surface area (Å²) in [5.74, 6) is -2.21. The van der Waals surface area contributed by atoms with Gasteiger partial charge in [-0.15, -0.1) is 0 Å². The Bertz CT molecular complexity index is 479. The van der Waals surface area contributed by atoms with Gasteiger partial charge in [0.15, 0.2) is 17.4 Å². The lowest BCUT2D eigenvalue weighted by Gasteiger charge is -2.08. The minimum atomic E-state index is -3.08. The van der Waals surface area contributed by atoms with Crippen molar-refractivity contribution in [1.82, 2.24) is 0 Å². The van der Waals surface area contributed by atoms with E-state index in [-0.39, 0.29) is 23.3 Å². The van der Waals surface area contributed by atoms with Crippen LogP contribution in [-0.2, 0) is 9.84 Å². The molecule has 0 saturated carbocycles. The van der Waals surface area contributed by atoms with Crippen molar-refractivity contribution in [3.05, 3.63) is 28.2 Å². The fourth-order valence-electron chi connectivity index (χ4n) is 1.16. The number of halogens is 3. The van der Waals surface area contributed by atoms with E-state index < -0.39 is 27.2 Å². The summed E-state index contributed by atoms with van der Waals surface area (Å²) >= 11 is 2.94. The Hall–Kier alpha value is -0.690. The van der Waals surface area contributed by atoms with Gasteiger partial charge < -0.3 is 4.74 Å².